The minimum absolute atomic E-state index is 0.0155. The first-order valence-electron chi connectivity index (χ1n) is 7.40. The largest absolute Gasteiger partial charge is 0.497 e. The summed E-state index contributed by atoms with van der Waals surface area (Å²) in [6.07, 6.45) is 0. The lowest BCUT2D eigenvalue weighted by Gasteiger charge is -2.32. The Morgan fingerprint density at radius 3 is 1.79 bits per heavy atom. The molecule has 130 valence electrons. The van der Waals surface area contributed by atoms with Gasteiger partial charge in [-0.05, 0) is 39.8 Å². The van der Waals surface area contributed by atoms with Gasteiger partial charge in [-0.3, -0.25) is 0 Å². The van der Waals surface area contributed by atoms with Crippen LogP contribution in [0.1, 0.15) is 48.4 Å². The van der Waals surface area contributed by atoms with Crippen molar-refractivity contribution in [2.75, 3.05) is 14.2 Å². The predicted octanol–water partition coefficient (Wildman–Crippen LogP) is 1.70. The summed E-state index contributed by atoms with van der Waals surface area (Å²) in [5.41, 5.74) is -1.66. The Morgan fingerprint density at radius 2 is 1.38 bits per heavy atom. The Bertz CT molecular complexity index is 669. The van der Waals surface area contributed by atoms with Crippen molar-refractivity contribution < 1.29 is 32.8 Å². The molecule has 0 bridgehead atoms. The molecule has 2 rings (SSSR count). The van der Waals surface area contributed by atoms with Crippen molar-refractivity contribution in [3.05, 3.63) is 29.1 Å². The first kappa shape index (κ1) is 18.4. The van der Waals surface area contributed by atoms with Crippen LogP contribution < -0.4 is 5.46 Å². The van der Waals surface area contributed by atoms with Gasteiger partial charge >= 0.3 is 19.1 Å². The lowest BCUT2D eigenvalue weighted by Crippen LogP contribution is -2.41. The van der Waals surface area contributed by atoms with E-state index < -0.39 is 36.1 Å². The van der Waals surface area contributed by atoms with Crippen molar-refractivity contribution >= 4 is 24.5 Å². The Kier molecular flexibility index (Phi) is 4.74. The Balaban J connectivity index is 2.53. The predicted molar refractivity (Wildman–Crippen MR) is 84.8 cm³/mol. The van der Waals surface area contributed by atoms with Crippen LogP contribution in [-0.4, -0.2) is 44.5 Å². The first-order valence-corrected chi connectivity index (χ1v) is 7.40. The molecule has 1 heterocycles. The van der Waals surface area contributed by atoms with Gasteiger partial charge in [-0.2, -0.15) is 0 Å². The zero-order valence-electron chi connectivity index (χ0n) is 14.6. The van der Waals surface area contributed by atoms with Gasteiger partial charge in [0.05, 0.1) is 36.5 Å². The molecule has 8 heteroatoms. The number of halogens is 1. The van der Waals surface area contributed by atoms with Crippen molar-refractivity contribution in [3.63, 3.8) is 0 Å². The molecule has 1 fully saturated rings. The van der Waals surface area contributed by atoms with E-state index in [4.69, 9.17) is 9.31 Å². The van der Waals surface area contributed by atoms with Gasteiger partial charge in [0.2, 0.25) is 0 Å². The summed E-state index contributed by atoms with van der Waals surface area (Å²) in [5.74, 6) is -2.36. The second kappa shape index (κ2) is 6.18. The summed E-state index contributed by atoms with van der Waals surface area (Å²) < 4.78 is 35.4. The number of carbonyl (C=O) groups excluding carboxylic acids is 2. The molecule has 0 aliphatic carbocycles. The van der Waals surface area contributed by atoms with E-state index in [1.54, 1.807) is 0 Å². The Labute approximate surface area is 140 Å². The van der Waals surface area contributed by atoms with E-state index in [0.717, 1.165) is 13.2 Å². The van der Waals surface area contributed by atoms with E-state index >= 15 is 0 Å². The second-order valence-corrected chi connectivity index (χ2v) is 6.49. The second-order valence-electron chi connectivity index (χ2n) is 6.49. The summed E-state index contributed by atoms with van der Waals surface area (Å²) in [7, 11) is 1.30. The minimum atomic E-state index is -1.01. The van der Waals surface area contributed by atoms with Crippen molar-refractivity contribution in [1.29, 1.82) is 0 Å². The average molecular weight is 338 g/mol. The highest BCUT2D eigenvalue weighted by atomic mass is 19.1. The lowest BCUT2D eigenvalue weighted by atomic mass is 9.77. The van der Waals surface area contributed by atoms with Crippen LogP contribution in [0.3, 0.4) is 0 Å². The average Bonchev–Trinajstić information content (AvgIpc) is 2.73. The van der Waals surface area contributed by atoms with E-state index in [0.29, 0.717) is 0 Å². The summed E-state index contributed by atoms with van der Waals surface area (Å²) in [6.45, 7) is 7.31. The molecule has 1 aliphatic rings. The standard InChI is InChI=1S/C16H20BFO6/c1-15(2)16(3,4)24-17(23-15)11-7-9(13(19)21-5)10(8-12(11)18)14(20)22-6/h7-8H,1-6H3. The normalized spacial score (nSPS) is 18.4. The molecule has 1 aromatic carbocycles. The lowest BCUT2D eigenvalue weighted by molar-refractivity contribution is 0.00578. The number of methoxy groups -OCH3 is 2. The summed E-state index contributed by atoms with van der Waals surface area (Å²) in [5, 5.41) is 0. The molecule has 0 amide bonds. The van der Waals surface area contributed by atoms with Crippen molar-refractivity contribution in [3.8, 4) is 0 Å². The van der Waals surface area contributed by atoms with Crippen LogP contribution in [0.2, 0.25) is 0 Å². The Morgan fingerprint density at radius 1 is 0.958 bits per heavy atom. The molecule has 1 saturated heterocycles. The van der Waals surface area contributed by atoms with Gasteiger partial charge in [-0.1, -0.05) is 0 Å². The number of hydrogen-bond acceptors (Lipinski definition) is 6. The van der Waals surface area contributed by atoms with Crippen LogP contribution in [0.25, 0.3) is 0 Å². The van der Waals surface area contributed by atoms with Crippen LogP contribution in [0, 0.1) is 5.82 Å². The van der Waals surface area contributed by atoms with E-state index in [1.807, 2.05) is 27.7 Å². The number of hydrogen-bond donors (Lipinski definition) is 0. The molecule has 0 N–H and O–H groups in total. The quantitative estimate of drug-likeness (QED) is 0.617. The summed E-state index contributed by atoms with van der Waals surface area (Å²) in [4.78, 5) is 23.7. The van der Waals surface area contributed by atoms with Crippen LogP contribution in [-0.2, 0) is 18.8 Å². The van der Waals surface area contributed by atoms with Gasteiger partial charge in [-0.25, -0.2) is 14.0 Å². The smallest absolute Gasteiger partial charge is 0.465 e. The fourth-order valence-corrected chi connectivity index (χ4v) is 2.30. The molecule has 0 unspecified atom stereocenters. The number of benzene rings is 1. The molecule has 0 spiro atoms. The number of carbonyl (C=O) groups is 2. The molecular formula is C16H20BFO6. The molecule has 1 aliphatic heterocycles. The van der Waals surface area contributed by atoms with Crippen molar-refractivity contribution in [2.45, 2.75) is 38.9 Å². The molecular weight excluding hydrogens is 318 g/mol. The van der Waals surface area contributed by atoms with E-state index in [1.165, 1.54) is 13.2 Å². The van der Waals surface area contributed by atoms with Gasteiger partial charge in [0.15, 0.2) is 0 Å². The van der Waals surface area contributed by atoms with Gasteiger partial charge in [0.25, 0.3) is 0 Å². The van der Waals surface area contributed by atoms with E-state index in [-0.39, 0.29) is 16.6 Å². The van der Waals surface area contributed by atoms with Crippen molar-refractivity contribution in [2.24, 2.45) is 0 Å². The third kappa shape index (κ3) is 3.03. The van der Waals surface area contributed by atoms with E-state index in [2.05, 4.69) is 9.47 Å². The highest BCUT2D eigenvalue weighted by Gasteiger charge is 2.52. The fraction of sp³-hybridized carbons (Fsp3) is 0.500. The van der Waals surface area contributed by atoms with Crippen LogP contribution in [0.15, 0.2) is 12.1 Å². The zero-order chi connectivity index (χ0) is 18.3. The molecule has 6 nitrogen and oxygen atoms in total. The fourth-order valence-electron chi connectivity index (χ4n) is 2.30. The van der Waals surface area contributed by atoms with Gasteiger partial charge in [0, 0.05) is 5.46 Å². The third-order valence-electron chi connectivity index (χ3n) is 4.45. The number of ether oxygens (including phenoxy) is 2. The molecule has 0 saturated carbocycles. The van der Waals surface area contributed by atoms with Crippen LogP contribution in [0.5, 0.6) is 0 Å². The third-order valence-corrected chi connectivity index (χ3v) is 4.45. The maximum atomic E-state index is 14.5. The number of rotatable bonds is 3. The summed E-state index contributed by atoms with van der Waals surface area (Å²) >= 11 is 0. The van der Waals surface area contributed by atoms with Crippen molar-refractivity contribution in [1.82, 2.24) is 0 Å². The Hall–Kier alpha value is -1.93. The van der Waals surface area contributed by atoms with Crippen LogP contribution >= 0.6 is 0 Å². The zero-order valence-corrected chi connectivity index (χ0v) is 14.6. The molecule has 24 heavy (non-hydrogen) atoms. The van der Waals surface area contributed by atoms with Gasteiger partial charge < -0.3 is 18.8 Å². The topological polar surface area (TPSA) is 71.1 Å². The van der Waals surface area contributed by atoms with Crippen LogP contribution in [0.4, 0.5) is 4.39 Å². The highest BCUT2D eigenvalue weighted by molar-refractivity contribution is 6.62. The molecule has 0 aromatic heterocycles. The van der Waals surface area contributed by atoms with Gasteiger partial charge in [0.1, 0.15) is 5.82 Å². The molecule has 0 radical (unpaired) electrons. The molecule has 1 aromatic rings. The maximum Gasteiger partial charge on any atom is 0.497 e. The summed E-state index contributed by atoms with van der Waals surface area (Å²) in [6, 6.07) is 2.13. The maximum absolute atomic E-state index is 14.5. The van der Waals surface area contributed by atoms with Gasteiger partial charge in [-0.15, -0.1) is 0 Å². The monoisotopic (exact) mass is 338 g/mol. The SMILES string of the molecule is COC(=O)c1cc(F)c(B2OC(C)(C)C(C)(C)O2)cc1C(=O)OC. The van der Waals surface area contributed by atoms with E-state index in [9.17, 15) is 14.0 Å². The number of esters is 2. The minimum Gasteiger partial charge on any atom is -0.465 e. The molecule has 0 atom stereocenters. The highest BCUT2D eigenvalue weighted by Crippen LogP contribution is 2.36. The first-order chi connectivity index (χ1) is 11.0.